The van der Waals surface area contributed by atoms with Crippen LogP contribution in [0.3, 0.4) is 0 Å². The summed E-state index contributed by atoms with van der Waals surface area (Å²) in [5, 5.41) is 6.59. The van der Waals surface area contributed by atoms with Crippen LogP contribution in [0.5, 0.6) is 0 Å². The fourth-order valence-corrected chi connectivity index (χ4v) is 5.51. The van der Waals surface area contributed by atoms with Gasteiger partial charge in [-0.25, -0.2) is 9.78 Å². The Bertz CT molecular complexity index is 1440. The van der Waals surface area contributed by atoms with Crippen molar-refractivity contribution in [3.8, 4) is 22.4 Å². The Morgan fingerprint density at radius 2 is 1.86 bits per heavy atom. The average Bonchev–Trinajstić information content (AvgIpc) is 3.35. The van der Waals surface area contributed by atoms with Crippen molar-refractivity contribution in [1.29, 1.82) is 0 Å². The third-order valence-electron chi connectivity index (χ3n) is 6.45. The first-order chi connectivity index (χ1) is 18.0. The molecule has 37 heavy (non-hydrogen) atoms. The van der Waals surface area contributed by atoms with Gasteiger partial charge in [-0.2, -0.15) is 9.61 Å². The second kappa shape index (κ2) is 10.9. The SMILES string of the molecule is CCSC(=O)NC(=O)N1CCC(c2nc3c(-c4ccc(-c5ccccc5)nc4)cnn3c(N)c2Br)CC1. The molecule has 0 bridgehead atoms. The van der Waals surface area contributed by atoms with Gasteiger partial charge in [-0.3, -0.25) is 15.1 Å². The minimum atomic E-state index is -0.351. The minimum Gasteiger partial charge on any atom is -0.383 e. The van der Waals surface area contributed by atoms with Gasteiger partial charge in [-0.1, -0.05) is 55.1 Å². The summed E-state index contributed by atoms with van der Waals surface area (Å²) in [6.45, 7) is 2.92. The molecule has 4 aromatic rings. The molecule has 0 saturated carbocycles. The molecule has 4 heterocycles. The molecule has 190 valence electrons. The molecule has 3 N–H and O–H groups in total. The Morgan fingerprint density at radius 1 is 1.11 bits per heavy atom. The molecular weight excluding hydrogens is 554 g/mol. The number of nitrogens with two attached hydrogens (primary N) is 1. The lowest BCUT2D eigenvalue weighted by Gasteiger charge is -2.32. The number of carbonyl (C=O) groups is 2. The molecule has 3 amide bonds. The number of imide groups is 1. The third-order valence-corrected chi connectivity index (χ3v) is 7.91. The third kappa shape index (κ3) is 5.19. The number of benzene rings is 1. The van der Waals surface area contributed by atoms with E-state index in [1.807, 2.05) is 55.6 Å². The maximum Gasteiger partial charge on any atom is 0.324 e. The lowest BCUT2D eigenvalue weighted by molar-refractivity contribution is 0.182. The van der Waals surface area contributed by atoms with Gasteiger partial charge in [0.05, 0.1) is 22.1 Å². The van der Waals surface area contributed by atoms with Gasteiger partial charge in [0, 0.05) is 41.9 Å². The molecule has 0 radical (unpaired) electrons. The van der Waals surface area contributed by atoms with Crippen LogP contribution in [0.25, 0.3) is 28.0 Å². The van der Waals surface area contributed by atoms with E-state index < -0.39 is 0 Å². The van der Waals surface area contributed by atoms with Crippen LogP contribution in [0.15, 0.2) is 59.3 Å². The number of pyridine rings is 1. The van der Waals surface area contributed by atoms with Gasteiger partial charge in [-0.05, 0) is 40.6 Å². The van der Waals surface area contributed by atoms with Gasteiger partial charge in [-0.15, -0.1) is 0 Å². The molecule has 0 unspecified atom stereocenters. The molecule has 5 rings (SSSR count). The van der Waals surface area contributed by atoms with Gasteiger partial charge in [0.2, 0.25) is 0 Å². The number of aromatic nitrogens is 4. The number of rotatable bonds is 4. The van der Waals surface area contributed by atoms with Crippen LogP contribution < -0.4 is 11.1 Å². The number of piperidine rings is 1. The van der Waals surface area contributed by atoms with E-state index in [0.29, 0.717) is 47.6 Å². The zero-order valence-corrected chi connectivity index (χ0v) is 22.6. The number of nitrogen functional groups attached to an aromatic ring is 1. The molecule has 1 aromatic carbocycles. The highest BCUT2D eigenvalue weighted by molar-refractivity contribution is 9.10. The van der Waals surface area contributed by atoms with E-state index in [0.717, 1.165) is 39.8 Å². The molecule has 11 heteroatoms. The van der Waals surface area contributed by atoms with E-state index in [4.69, 9.17) is 10.7 Å². The molecule has 0 spiro atoms. The van der Waals surface area contributed by atoms with Crippen LogP contribution in [0.4, 0.5) is 15.4 Å². The van der Waals surface area contributed by atoms with Gasteiger partial charge >= 0.3 is 6.03 Å². The summed E-state index contributed by atoms with van der Waals surface area (Å²) in [5.41, 5.74) is 11.7. The summed E-state index contributed by atoms with van der Waals surface area (Å²) in [4.78, 5) is 35.5. The van der Waals surface area contributed by atoms with E-state index in [1.54, 1.807) is 15.6 Å². The summed E-state index contributed by atoms with van der Waals surface area (Å²) in [5.74, 6) is 1.20. The standard InChI is InChI=1S/C26H26BrN7O2S/c1-2-37-26(36)32-25(35)33-12-10-17(11-13-33)22-21(27)23(28)34-24(31-22)19(15-30-34)18-8-9-20(29-14-18)16-6-4-3-5-7-16/h3-9,14-15,17H,2,10-13,28H2,1H3,(H,32,35,36). The van der Waals surface area contributed by atoms with Crippen molar-refractivity contribution in [2.75, 3.05) is 24.6 Å². The van der Waals surface area contributed by atoms with Crippen LogP contribution in [-0.2, 0) is 0 Å². The normalized spacial score (nSPS) is 14.2. The Hall–Kier alpha value is -3.44. The first-order valence-corrected chi connectivity index (χ1v) is 13.8. The van der Waals surface area contributed by atoms with E-state index >= 15 is 0 Å². The number of hydrogen-bond donors (Lipinski definition) is 2. The van der Waals surface area contributed by atoms with Gasteiger partial charge < -0.3 is 10.6 Å². The number of carbonyl (C=O) groups excluding carboxylic acids is 2. The van der Waals surface area contributed by atoms with E-state index in [-0.39, 0.29) is 17.2 Å². The quantitative estimate of drug-likeness (QED) is 0.324. The predicted octanol–water partition coefficient (Wildman–Crippen LogP) is 5.57. The number of anilines is 1. The molecule has 1 fully saturated rings. The van der Waals surface area contributed by atoms with Crippen LogP contribution >= 0.6 is 27.7 Å². The van der Waals surface area contributed by atoms with Crippen LogP contribution in [-0.4, -0.2) is 54.6 Å². The number of urea groups is 1. The van der Waals surface area contributed by atoms with E-state index in [1.165, 1.54) is 0 Å². The second-order valence-electron chi connectivity index (χ2n) is 8.70. The fourth-order valence-electron chi connectivity index (χ4n) is 4.51. The molecule has 1 aliphatic heterocycles. The summed E-state index contributed by atoms with van der Waals surface area (Å²) in [6, 6.07) is 13.7. The Morgan fingerprint density at radius 3 is 2.54 bits per heavy atom. The molecule has 1 aliphatic rings. The number of likely N-dealkylation sites (tertiary alicyclic amines) is 1. The lowest BCUT2D eigenvalue weighted by atomic mass is 9.93. The zero-order valence-electron chi connectivity index (χ0n) is 20.2. The number of fused-ring (bicyclic) bond motifs is 1. The summed E-state index contributed by atoms with van der Waals surface area (Å²) in [7, 11) is 0. The van der Waals surface area contributed by atoms with Crippen molar-refractivity contribution < 1.29 is 9.59 Å². The van der Waals surface area contributed by atoms with E-state index in [9.17, 15) is 9.59 Å². The highest BCUT2D eigenvalue weighted by atomic mass is 79.9. The molecular formula is C26H26BrN7O2S. The van der Waals surface area contributed by atoms with Crippen molar-refractivity contribution in [3.63, 3.8) is 0 Å². The van der Waals surface area contributed by atoms with Gasteiger partial charge in [0.15, 0.2) is 5.65 Å². The summed E-state index contributed by atoms with van der Waals surface area (Å²) in [6.07, 6.45) is 5.00. The zero-order chi connectivity index (χ0) is 25.9. The first-order valence-electron chi connectivity index (χ1n) is 12.0. The van der Waals surface area contributed by atoms with Crippen LogP contribution in [0.2, 0.25) is 0 Å². The Kier molecular flexibility index (Phi) is 7.43. The number of thioether (sulfide) groups is 1. The van der Waals surface area contributed by atoms with Gasteiger partial charge in [0.1, 0.15) is 5.82 Å². The fraction of sp³-hybridized carbons (Fsp3) is 0.269. The topological polar surface area (TPSA) is 119 Å². The van der Waals surface area contributed by atoms with Crippen molar-refractivity contribution >= 4 is 50.4 Å². The van der Waals surface area contributed by atoms with Crippen molar-refractivity contribution in [2.24, 2.45) is 0 Å². The van der Waals surface area contributed by atoms with E-state index in [2.05, 4.69) is 31.3 Å². The smallest absolute Gasteiger partial charge is 0.324 e. The highest BCUT2D eigenvalue weighted by Gasteiger charge is 2.29. The van der Waals surface area contributed by atoms with Crippen molar-refractivity contribution in [1.82, 2.24) is 29.8 Å². The number of nitrogens with zero attached hydrogens (tertiary/aromatic N) is 5. The highest BCUT2D eigenvalue weighted by Crippen LogP contribution is 2.37. The number of nitrogens with one attached hydrogen (secondary N) is 1. The number of hydrogen-bond acceptors (Lipinski definition) is 7. The first kappa shape index (κ1) is 25.2. The average molecular weight is 581 g/mol. The predicted molar refractivity (Wildman–Crippen MR) is 149 cm³/mol. The number of amides is 3. The monoisotopic (exact) mass is 579 g/mol. The van der Waals surface area contributed by atoms with Gasteiger partial charge in [0.25, 0.3) is 5.24 Å². The van der Waals surface area contributed by atoms with Crippen LogP contribution in [0, 0.1) is 0 Å². The second-order valence-corrected chi connectivity index (χ2v) is 10.7. The Balaban J connectivity index is 1.38. The Labute approximate surface area is 227 Å². The largest absolute Gasteiger partial charge is 0.383 e. The van der Waals surface area contributed by atoms with Crippen molar-refractivity contribution in [2.45, 2.75) is 25.7 Å². The summed E-state index contributed by atoms with van der Waals surface area (Å²) >= 11 is 4.72. The molecule has 0 atom stereocenters. The maximum absolute atomic E-state index is 12.4. The summed E-state index contributed by atoms with van der Waals surface area (Å²) < 4.78 is 2.35. The molecule has 1 saturated heterocycles. The molecule has 9 nitrogen and oxygen atoms in total. The minimum absolute atomic E-state index is 0.104. The maximum atomic E-state index is 12.4. The molecule has 3 aromatic heterocycles. The number of halogens is 1. The molecule has 0 aliphatic carbocycles. The van der Waals surface area contributed by atoms with Crippen molar-refractivity contribution in [3.05, 3.63) is 65.0 Å². The lowest BCUT2D eigenvalue weighted by Crippen LogP contribution is -2.45. The van der Waals surface area contributed by atoms with Crippen LogP contribution in [0.1, 0.15) is 31.4 Å².